The lowest BCUT2D eigenvalue weighted by Gasteiger charge is -2.33. The highest BCUT2D eigenvalue weighted by Gasteiger charge is 2.34. The number of benzene rings is 7. The largest absolute Gasteiger partial charge is 0.489 e. The van der Waals surface area contributed by atoms with Crippen molar-refractivity contribution in [3.05, 3.63) is 215 Å². The van der Waals surface area contributed by atoms with Crippen molar-refractivity contribution < 1.29 is 28.4 Å². The van der Waals surface area contributed by atoms with Gasteiger partial charge in [0.05, 0.1) is 6.04 Å². The molecular formula is C50H44NO6. The second-order valence-corrected chi connectivity index (χ2v) is 14.0. The van der Waals surface area contributed by atoms with Gasteiger partial charge in [-0.2, -0.15) is 0 Å². The van der Waals surface area contributed by atoms with Gasteiger partial charge < -0.3 is 28.4 Å². The molecule has 8 rings (SSSR count). The standard InChI is InChI=1S/C50H44NO6/c51-44-30-43-45(53-32-37-18-8-2-9-19-37)28-42(52-31-36-16-6-1-7-17-36)29-46(43)57-49(44)41-26-47(54-33-38-20-10-3-11-21-38)50(56-35-40-24-14-5-15-25-40)48(27-41)55-34-39-22-12-4-13-23-39/h1-29,44,49,51H,30-35H2/t44-,49-/m0/s1. The minimum Gasteiger partial charge on any atom is -0.489 e. The van der Waals surface area contributed by atoms with Gasteiger partial charge >= 0.3 is 0 Å². The maximum atomic E-state index is 9.47. The Kier molecular flexibility index (Phi) is 11.9. The van der Waals surface area contributed by atoms with Crippen LogP contribution in [0.4, 0.5) is 0 Å². The lowest BCUT2D eigenvalue weighted by atomic mass is 9.92. The second-order valence-electron chi connectivity index (χ2n) is 14.0. The molecule has 0 bridgehead atoms. The molecule has 0 aliphatic carbocycles. The smallest absolute Gasteiger partial charge is 0.203 e. The molecule has 285 valence electrons. The van der Waals surface area contributed by atoms with Gasteiger partial charge in [0.15, 0.2) is 11.5 Å². The Morgan fingerprint density at radius 1 is 0.439 bits per heavy atom. The van der Waals surface area contributed by atoms with E-state index in [1.807, 2.05) is 176 Å². The highest BCUT2D eigenvalue weighted by atomic mass is 16.5. The molecule has 7 aromatic carbocycles. The number of hydrogen-bond donors (Lipinski definition) is 0. The van der Waals surface area contributed by atoms with Crippen molar-refractivity contribution in [1.82, 2.24) is 5.73 Å². The number of fused-ring (bicyclic) bond motifs is 1. The molecule has 57 heavy (non-hydrogen) atoms. The van der Waals surface area contributed by atoms with Gasteiger partial charge in [-0.05, 0) is 39.9 Å². The molecule has 0 saturated heterocycles. The molecule has 1 radical (unpaired) electrons. The van der Waals surface area contributed by atoms with E-state index in [1.165, 1.54) is 0 Å². The molecule has 1 heterocycles. The number of rotatable bonds is 16. The molecule has 7 aromatic rings. The number of hydrogen-bond acceptors (Lipinski definition) is 6. The van der Waals surface area contributed by atoms with Crippen LogP contribution in [-0.2, 0) is 39.5 Å². The van der Waals surface area contributed by atoms with Crippen molar-refractivity contribution in [3.8, 4) is 34.5 Å². The molecule has 0 unspecified atom stereocenters. The lowest BCUT2D eigenvalue weighted by Crippen LogP contribution is -2.32. The first-order chi connectivity index (χ1) is 28.1. The molecule has 0 spiro atoms. The monoisotopic (exact) mass is 754 g/mol. The van der Waals surface area contributed by atoms with E-state index in [2.05, 4.69) is 0 Å². The van der Waals surface area contributed by atoms with Crippen LogP contribution in [0.2, 0.25) is 0 Å². The van der Waals surface area contributed by atoms with Gasteiger partial charge in [0.2, 0.25) is 5.75 Å². The Balaban J connectivity index is 1.15. The third kappa shape index (κ3) is 9.76. The van der Waals surface area contributed by atoms with Gasteiger partial charge in [-0.3, -0.25) is 0 Å². The van der Waals surface area contributed by atoms with Crippen molar-refractivity contribution in [2.75, 3.05) is 0 Å². The first kappa shape index (κ1) is 37.2. The molecule has 0 fully saturated rings. The van der Waals surface area contributed by atoms with Crippen molar-refractivity contribution in [1.29, 1.82) is 0 Å². The predicted molar refractivity (Wildman–Crippen MR) is 221 cm³/mol. The summed E-state index contributed by atoms with van der Waals surface area (Å²) in [7, 11) is 0. The van der Waals surface area contributed by atoms with Crippen LogP contribution >= 0.6 is 0 Å². The van der Waals surface area contributed by atoms with Gasteiger partial charge in [0.25, 0.3) is 0 Å². The van der Waals surface area contributed by atoms with E-state index in [0.29, 0.717) is 74.0 Å². The average molecular weight is 755 g/mol. The van der Waals surface area contributed by atoms with E-state index >= 15 is 0 Å². The fraction of sp³-hybridized carbons (Fsp3) is 0.160. The van der Waals surface area contributed by atoms with Crippen molar-refractivity contribution >= 4 is 0 Å². The molecule has 7 nitrogen and oxygen atoms in total. The van der Waals surface area contributed by atoms with Crippen LogP contribution in [0.3, 0.4) is 0 Å². The summed E-state index contributed by atoms with van der Waals surface area (Å²) in [5.74, 6) is 3.36. The van der Waals surface area contributed by atoms with Crippen LogP contribution in [0, 0.1) is 0 Å². The maximum absolute atomic E-state index is 9.47. The van der Waals surface area contributed by atoms with Crippen molar-refractivity contribution in [3.63, 3.8) is 0 Å². The molecular weight excluding hydrogens is 711 g/mol. The summed E-state index contributed by atoms with van der Waals surface area (Å²) in [5.41, 5.74) is 16.2. The zero-order valence-corrected chi connectivity index (χ0v) is 31.6. The topological polar surface area (TPSA) is 79.2 Å². The number of nitrogens with one attached hydrogen (secondary N) is 1. The van der Waals surface area contributed by atoms with Gasteiger partial charge in [-0.25, -0.2) is 5.73 Å². The summed E-state index contributed by atoms with van der Waals surface area (Å²) in [4.78, 5) is 0. The Morgan fingerprint density at radius 3 is 1.26 bits per heavy atom. The Hall–Kier alpha value is -6.70. The zero-order valence-electron chi connectivity index (χ0n) is 31.6. The summed E-state index contributed by atoms with van der Waals surface area (Å²) in [6.07, 6.45) is -0.263. The minimum absolute atomic E-state index is 0.313. The fourth-order valence-corrected chi connectivity index (χ4v) is 6.75. The van der Waals surface area contributed by atoms with Crippen molar-refractivity contribution in [2.24, 2.45) is 0 Å². The quantitative estimate of drug-likeness (QED) is 0.0977. The molecule has 0 aromatic heterocycles. The third-order valence-corrected chi connectivity index (χ3v) is 9.74. The minimum atomic E-state index is -0.673. The molecule has 0 amide bonds. The SMILES string of the molecule is [NH][C@H]1Cc2c(OCc3ccccc3)cc(OCc3ccccc3)cc2O[C@H]1c1cc(OCc2ccccc2)c(OCc2ccccc2)c(OCc2ccccc2)c1. The molecule has 1 aliphatic heterocycles. The Morgan fingerprint density at radius 2 is 0.825 bits per heavy atom. The van der Waals surface area contributed by atoms with Crippen LogP contribution in [0.15, 0.2) is 176 Å². The predicted octanol–water partition coefficient (Wildman–Crippen LogP) is 10.9. The van der Waals surface area contributed by atoms with E-state index < -0.39 is 12.1 Å². The molecule has 1 N–H and O–H groups in total. The first-order valence-electron chi connectivity index (χ1n) is 19.2. The number of ether oxygens (including phenoxy) is 6. The van der Waals surface area contributed by atoms with Gasteiger partial charge in [-0.15, -0.1) is 0 Å². The van der Waals surface area contributed by atoms with Crippen LogP contribution < -0.4 is 34.2 Å². The third-order valence-electron chi connectivity index (χ3n) is 9.74. The lowest BCUT2D eigenvalue weighted by molar-refractivity contribution is 0.144. The molecule has 7 heteroatoms. The summed E-state index contributed by atoms with van der Waals surface area (Å²) in [6.45, 7) is 1.70. The van der Waals surface area contributed by atoms with E-state index in [1.54, 1.807) is 0 Å². The summed E-state index contributed by atoms with van der Waals surface area (Å²) in [5, 5.41) is 0. The molecule has 1 aliphatic rings. The van der Waals surface area contributed by atoms with Crippen LogP contribution in [0.1, 0.15) is 45.0 Å². The van der Waals surface area contributed by atoms with Crippen molar-refractivity contribution in [2.45, 2.75) is 51.6 Å². The second kappa shape index (κ2) is 18.3. The fourth-order valence-electron chi connectivity index (χ4n) is 6.75. The molecule has 0 saturated carbocycles. The maximum Gasteiger partial charge on any atom is 0.203 e. The Labute approximate surface area is 334 Å². The Bertz CT molecular complexity index is 2260. The van der Waals surface area contributed by atoms with Gasteiger partial charge in [0, 0.05) is 29.7 Å². The highest BCUT2D eigenvalue weighted by Crippen LogP contribution is 2.47. The summed E-state index contributed by atoms with van der Waals surface area (Å²) < 4.78 is 39.3. The van der Waals surface area contributed by atoms with E-state index in [0.717, 1.165) is 38.9 Å². The van der Waals surface area contributed by atoms with E-state index in [4.69, 9.17) is 28.4 Å². The van der Waals surface area contributed by atoms with Gasteiger partial charge in [-0.1, -0.05) is 152 Å². The van der Waals surface area contributed by atoms with E-state index in [-0.39, 0.29) is 0 Å². The van der Waals surface area contributed by atoms with E-state index in [9.17, 15) is 5.73 Å². The van der Waals surface area contributed by atoms with Crippen LogP contribution in [-0.4, -0.2) is 6.04 Å². The van der Waals surface area contributed by atoms with Gasteiger partial charge in [0.1, 0.15) is 56.4 Å². The van der Waals surface area contributed by atoms with Crippen LogP contribution in [0.5, 0.6) is 34.5 Å². The summed E-state index contributed by atoms with van der Waals surface area (Å²) in [6, 6.07) is 57.1. The molecule has 2 atom stereocenters. The summed E-state index contributed by atoms with van der Waals surface area (Å²) >= 11 is 0. The first-order valence-corrected chi connectivity index (χ1v) is 19.2. The zero-order chi connectivity index (χ0) is 38.7. The highest BCUT2D eigenvalue weighted by molar-refractivity contribution is 5.57. The van der Waals surface area contributed by atoms with Crippen LogP contribution in [0.25, 0.3) is 0 Å². The average Bonchev–Trinajstić information content (AvgIpc) is 3.27. The normalized spacial score (nSPS) is 14.5.